The van der Waals surface area contributed by atoms with Crippen LogP contribution in [-0.2, 0) is 10.0 Å². The summed E-state index contributed by atoms with van der Waals surface area (Å²) in [5, 5.41) is 12.4. The summed E-state index contributed by atoms with van der Waals surface area (Å²) in [4.78, 5) is 12.5. The molecule has 0 aliphatic heterocycles. The van der Waals surface area contributed by atoms with Crippen molar-refractivity contribution in [2.75, 3.05) is 10.0 Å². The Morgan fingerprint density at radius 2 is 1.72 bits per heavy atom. The number of rotatable bonds is 6. The minimum absolute atomic E-state index is 0.0182. The summed E-state index contributed by atoms with van der Waals surface area (Å²) in [7, 11) is -3.85. The third-order valence-corrected chi connectivity index (χ3v) is 5.74. The van der Waals surface area contributed by atoms with Crippen molar-refractivity contribution in [3.8, 4) is 6.07 Å². The molecule has 2 aromatic carbocycles. The number of benzene rings is 2. The van der Waals surface area contributed by atoms with Crippen molar-refractivity contribution in [2.24, 2.45) is 0 Å². The summed E-state index contributed by atoms with van der Waals surface area (Å²) in [6.07, 6.45) is 1.45. The number of oxazole rings is 1. The Morgan fingerprint density at radius 1 is 1.03 bits per heavy atom. The van der Waals surface area contributed by atoms with E-state index in [1.807, 2.05) is 18.2 Å². The van der Waals surface area contributed by atoms with Gasteiger partial charge in [0.1, 0.15) is 17.2 Å². The molecule has 9 nitrogen and oxygen atoms in total. The van der Waals surface area contributed by atoms with Crippen molar-refractivity contribution >= 4 is 38.3 Å². The Labute approximate surface area is 184 Å². The Kier molecular flexibility index (Phi) is 5.57. The van der Waals surface area contributed by atoms with Gasteiger partial charge in [0, 0.05) is 23.3 Å². The fourth-order valence-electron chi connectivity index (χ4n) is 2.97. The maximum absolute atomic E-state index is 12.6. The number of nitriles is 1. The molecule has 0 saturated carbocycles. The van der Waals surface area contributed by atoms with Crippen LogP contribution >= 0.6 is 0 Å². The third-order valence-electron chi connectivity index (χ3n) is 4.40. The fourth-order valence-corrected chi connectivity index (χ4v) is 3.91. The van der Waals surface area contributed by atoms with Gasteiger partial charge in [0.15, 0.2) is 5.58 Å². The maximum Gasteiger partial charge on any atom is 0.264 e. The molecule has 10 heteroatoms. The summed E-state index contributed by atoms with van der Waals surface area (Å²) in [5.74, 6) is 0.211. The number of allylic oxidation sites excluding steroid dienone is 1. The van der Waals surface area contributed by atoms with Crippen LogP contribution in [0.1, 0.15) is 17.3 Å². The van der Waals surface area contributed by atoms with Gasteiger partial charge in [-0.25, -0.2) is 28.1 Å². The minimum atomic E-state index is -3.85. The number of aryl methyl sites for hydroxylation is 2. The van der Waals surface area contributed by atoms with Gasteiger partial charge in [-0.2, -0.15) is 5.26 Å². The lowest BCUT2D eigenvalue weighted by atomic mass is 10.3. The van der Waals surface area contributed by atoms with Gasteiger partial charge in [-0.05, 0) is 56.3 Å². The number of sulfonamides is 1. The normalized spacial score (nSPS) is 11.8. The predicted octanol–water partition coefficient (Wildman–Crippen LogP) is 4.01. The van der Waals surface area contributed by atoms with Gasteiger partial charge in [-0.3, -0.25) is 0 Å². The Hall–Kier alpha value is -4.23. The first-order chi connectivity index (χ1) is 15.3. The van der Waals surface area contributed by atoms with Crippen molar-refractivity contribution in [3.63, 3.8) is 0 Å². The Morgan fingerprint density at radius 3 is 2.38 bits per heavy atom. The van der Waals surface area contributed by atoms with Crippen LogP contribution in [0.4, 0.5) is 11.6 Å². The minimum Gasteiger partial charge on any atom is -0.435 e. The SMILES string of the molecule is Cc1cc(C)nc(NS(=O)(=O)c2ccc(NC=C(C#N)c3nc4ccccc4o3)cc2)n1. The van der Waals surface area contributed by atoms with E-state index >= 15 is 0 Å². The van der Waals surface area contributed by atoms with Crippen LogP contribution < -0.4 is 10.0 Å². The van der Waals surface area contributed by atoms with E-state index in [4.69, 9.17) is 4.42 Å². The zero-order valence-electron chi connectivity index (χ0n) is 17.2. The second-order valence-corrected chi connectivity index (χ2v) is 8.59. The van der Waals surface area contributed by atoms with E-state index < -0.39 is 10.0 Å². The summed E-state index contributed by atoms with van der Waals surface area (Å²) >= 11 is 0. The Balaban J connectivity index is 1.50. The number of fused-ring (bicyclic) bond motifs is 1. The number of nitrogens with one attached hydrogen (secondary N) is 2. The van der Waals surface area contributed by atoms with Crippen LogP contribution in [0.2, 0.25) is 0 Å². The van der Waals surface area contributed by atoms with Gasteiger partial charge in [-0.1, -0.05) is 12.1 Å². The van der Waals surface area contributed by atoms with Crippen molar-refractivity contribution in [2.45, 2.75) is 18.7 Å². The molecule has 0 amide bonds. The molecule has 160 valence electrons. The van der Waals surface area contributed by atoms with Crippen LogP contribution in [0.3, 0.4) is 0 Å². The molecule has 0 unspecified atom stereocenters. The van der Waals surface area contributed by atoms with Crippen molar-refractivity contribution in [1.29, 1.82) is 5.26 Å². The molecule has 0 bridgehead atoms. The van der Waals surface area contributed by atoms with Gasteiger partial charge >= 0.3 is 0 Å². The molecule has 4 aromatic rings. The van der Waals surface area contributed by atoms with Crippen LogP contribution in [0.25, 0.3) is 16.7 Å². The van der Waals surface area contributed by atoms with Gasteiger partial charge in [0.25, 0.3) is 10.0 Å². The van der Waals surface area contributed by atoms with Gasteiger partial charge < -0.3 is 9.73 Å². The lowest BCUT2D eigenvalue weighted by Gasteiger charge is -2.09. The summed E-state index contributed by atoms with van der Waals surface area (Å²) < 4.78 is 33.3. The summed E-state index contributed by atoms with van der Waals surface area (Å²) in [6, 6.07) is 17.0. The van der Waals surface area contributed by atoms with E-state index in [-0.39, 0.29) is 22.3 Å². The van der Waals surface area contributed by atoms with E-state index in [1.54, 1.807) is 44.2 Å². The number of anilines is 2. The molecule has 0 atom stereocenters. The summed E-state index contributed by atoms with van der Waals surface area (Å²) in [6.45, 7) is 3.52. The fraction of sp³-hybridized carbons (Fsp3) is 0.0909. The number of para-hydroxylation sites is 2. The number of aromatic nitrogens is 3. The number of nitrogens with zero attached hydrogens (tertiary/aromatic N) is 4. The van der Waals surface area contributed by atoms with Crippen LogP contribution in [-0.4, -0.2) is 23.4 Å². The quantitative estimate of drug-likeness (QED) is 0.424. The first kappa shape index (κ1) is 21.0. The Bertz CT molecular complexity index is 1410. The van der Waals surface area contributed by atoms with Crippen molar-refractivity contribution < 1.29 is 12.8 Å². The lowest BCUT2D eigenvalue weighted by molar-refractivity contribution is 0.586. The maximum atomic E-state index is 12.6. The molecule has 0 spiro atoms. The van der Waals surface area contributed by atoms with Crippen LogP contribution in [0.5, 0.6) is 0 Å². The monoisotopic (exact) mass is 446 g/mol. The molecule has 0 aliphatic carbocycles. The van der Waals surface area contributed by atoms with E-state index in [1.165, 1.54) is 18.3 Å². The average molecular weight is 446 g/mol. The highest BCUT2D eigenvalue weighted by Crippen LogP contribution is 2.21. The topological polar surface area (TPSA) is 134 Å². The van der Waals surface area contributed by atoms with Gasteiger partial charge in [-0.15, -0.1) is 0 Å². The van der Waals surface area contributed by atoms with Gasteiger partial charge in [0.05, 0.1) is 4.90 Å². The zero-order chi connectivity index (χ0) is 22.7. The molecule has 4 rings (SSSR count). The first-order valence-corrected chi connectivity index (χ1v) is 11.0. The molecular weight excluding hydrogens is 428 g/mol. The van der Waals surface area contributed by atoms with Crippen molar-refractivity contribution in [1.82, 2.24) is 15.0 Å². The molecule has 2 aromatic heterocycles. The molecule has 0 radical (unpaired) electrons. The highest BCUT2D eigenvalue weighted by molar-refractivity contribution is 7.92. The second-order valence-electron chi connectivity index (χ2n) is 6.91. The summed E-state index contributed by atoms with van der Waals surface area (Å²) in [5.41, 5.74) is 3.33. The second kappa shape index (κ2) is 8.49. The van der Waals surface area contributed by atoms with E-state index in [0.29, 0.717) is 28.2 Å². The third kappa shape index (κ3) is 4.58. The first-order valence-electron chi connectivity index (χ1n) is 9.52. The smallest absolute Gasteiger partial charge is 0.264 e. The molecular formula is C22H18N6O3S. The highest BCUT2D eigenvalue weighted by atomic mass is 32.2. The number of hydrogen-bond acceptors (Lipinski definition) is 8. The molecule has 0 fully saturated rings. The molecule has 32 heavy (non-hydrogen) atoms. The average Bonchev–Trinajstić information content (AvgIpc) is 3.17. The molecule has 2 N–H and O–H groups in total. The zero-order valence-corrected chi connectivity index (χ0v) is 18.0. The van der Waals surface area contributed by atoms with Crippen LogP contribution in [0, 0.1) is 25.2 Å². The van der Waals surface area contributed by atoms with Crippen LogP contribution in [0.15, 0.2) is 70.1 Å². The molecule has 0 aliphatic rings. The standard InChI is InChI=1S/C22H18N6O3S/c1-14-11-15(2)26-22(25-14)28-32(29,30)18-9-7-17(8-10-18)24-13-16(12-23)21-27-19-5-3-4-6-20(19)31-21/h3-11,13,24H,1-2H3,(H,25,26,28). The van der Waals surface area contributed by atoms with Gasteiger partial charge in [0.2, 0.25) is 11.8 Å². The largest absolute Gasteiger partial charge is 0.435 e. The van der Waals surface area contributed by atoms with Crippen molar-refractivity contribution in [3.05, 3.63) is 78.1 Å². The molecule has 0 saturated heterocycles. The van der Waals surface area contributed by atoms with E-state index in [9.17, 15) is 13.7 Å². The number of hydrogen-bond donors (Lipinski definition) is 2. The lowest BCUT2D eigenvalue weighted by Crippen LogP contribution is -2.15. The predicted molar refractivity (Wildman–Crippen MR) is 120 cm³/mol. The molecule has 2 heterocycles. The van der Waals surface area contributed by atoms with E-state index in [2.05, 4.69) is 25.0 Å². The highest BCUT2D eigenvalue weighted by Gasteiger charge is 2.16. The van der Waals surface area contributed by atoms with E-state index in [0.717, 1.165) is 0 Å².